The molecular weight excluding hydrogens is 248 g/mol. The minimum Gasteiger partial charge on any atom is -0.339 e. The van der Waals surface area contributed by atoms with Crippen molar-refractivity contribution in [2.75, 3.05) is 18.0 Å². The van der Waals surface area contributed by atoms with Crippen molar-refractivity contribution < 1.29 is 0 Å². The summed E-state index contributed by atoms with van der Waals surface area (Å²) in [5, 5.41) is 3.64. The molecule has 0 spiro atoms. The van der Waals surface area contributed by atoms with Crippen LogP contribution >= 0.6 is 0 Å². The van der Waals surface area contributed by atoms with Crippen molar-refractivity contribution in [1.29, 1.82) is 0 Å². The van der Waals surface area contributed by atoms with Gasteiger partial charge in [-0.2, -0.15) is 0 Å². The highest BCUT2D eigenvalue weighted by Crippen LogP contribution is 2.15. The molecule has 2 aromatic rings. The Hall–Kier alpha value is -1.94. The van der Waals surface area contributed by atoms with Crippen LogP contribution in [0, 0.1) is 0 Å². The Morgan fingerprint density at radius 1 is 1.10 bits per heavy atom. The average Bonchev–Trinajstić information content (AvgIpc) is 2.55. The molecule has 1 aliphatic rings. The number of rotatable bonds is 4. The molecule has 104 valence electrons. The molecule has 1 aromatic heterocycles. The molecule has 0 bridgehead atoms. The Balaban J connectivity index is 1.56. The fraction of sp³-hybridized carbons (Fsp3) is 0.375. The number of hydrogen-bond donors (Lipinski definition) is 1. The van der Waals surface area contributed by atoms with Gasteiger partial charge in [-0.3, -0.25) is 0 Å². The molecule has 4 nitrogen and oxygen atoms in total. The van der Waals surface area contributed by atoms with Gasteiger partial charge in [0.05, 0.1) is 0 Å². The predicted octanol–water partition coefficient (Wildman–Crippen LogP) is 2.24. The second-order valence-electron chi connectivity index (χ2n) is 5.20. The van der Waals surface area contributed by atoms with Crippen LogP contribution in [0.2, 0.25) is 0 Å². The van der Waals surface area contributed by atoms with E-state index in [1.54, 1.807) is 0 Å². The van der Waals surface area contributed by atoms with E-state index in [-0.39, 0.29) is 0 Å². The van der Waals surface area contributed by atoms with Crippen molar-refractivity contribution >= 4 is 5.95 Å². The average molecular weight is 268 g/mol. The van der Waals surface area contributed by atoms with E-state index in [2.05, 4.69) is 50.5 Å². The molecule has 1 saturated heterocycles. The second-order valence-corrected chi connectivity index (χ2v) is 5.20. The standard InChI is InChI=1S/C16H20N4/c1-2-6-14(7-3-1)12-19-15-8-4-11-20(13-15)16-17-9-5-10-18-16/h1-3,5-7,9-10,15,19H,4,8,11-13H2. The number of anilines is 1. The summed E-state index contributed by atoms with van der Waals surface area (Å²) in [5.74, 6) is 0.846. The van der Waals surface area contributed by atoms with Crippen molar-refractivity contribution in [2.45, 2.75) is 25.4 Å². The third-order valence-corrected chi connectivity index (χ3v) is 3.69. The van der Waals surface area contributed by atoms with E-state index >= 15 is 0 Å². The Morgan fingerprint density at radius 2 is 1.90 bits per heavy atom. The van der Waals surface area contributed by atoms with E-state index in [9.17, 15) is 0 Å². The van der Waals surface area contributed by atoms with Gasteiger partial charge in [-0.15, -0.1) is 0 Å². The maximum Gasteiger partial charge on any atom is 0.225 e. The molecule has 2 heterocycles. The van der Waals surface area contributed by atoms with E-state index in [4.69, 9.17) is 0 Å². The summed E-state index contributed by atoms with van der Waals surface area (Å²) in [6, 6.07) is 12.9. The maximum absolute atomic E-state index is 4.34. The highest BCUT2D eigenvalue weighted by atomic mass is 15.3. The van der Waals surface area contributed by atoms with Gasteiger partial charge >= 0.3 is 0 Å². The normalized spacial score (nSPS) is 19.0. The lowest BCUT2D eigenvalue weighted by Crippen LogP contribution is -2.46. The smallest absolute Gasteiger partial charge is 0.225 e. The zero-order valence-electron chi connectivity index (χ0n) is 11.6. The van der Waals surface area contributed by atoms with Crippen LogP contribution in [-0.4, -0.2) is 29.1 Å². The summed E-state index contributed by atoms with van der Waals surface area (Å²) < 4.78 is 0. The molecule has 1 fully saturated rings. The number of piperidine rings is 1. The Labute approximate surface area is 119 Å². The van der Waals surface area contributed by atoms with Gasteiger partial charge in [0.15, 0.2) is 0 Å². The molecule has 0 radical (unpaired) electrons. The van der Waals surface area contributed by atoms with Crippen LogP contribution < -0.4 is 10.2 Å². The molecule has 1 atom stereocenters. The molecular formula is C16H20N4. The molecule has 1 aromatic carbocycles. The lowest BCUT2D eigenvalue weighted by molar-refractivity contribution is 0.418. The van der Waals surface area contributed by atoms with Crippen molar-refractivity contribution in [3.8, 4) is 0 Å². The molecule has 1 unspecified atom stereocenters. The first-order valence-electron chi connectivity index (χ1n) is 7.21. The van der Waals surface area contributed by atoms with Crippen LogP contribution in [0.15, 0.2) is 48.8 Å². The van der Waals surface area contributed by atoms with E-state index in [0.717, 1.165) is 25.6 Å². The topological polar surface area (TPSA) is 41.0 Å². The van der Waals surface area contributed by atoms with E-state index in [1.165, 1.54) is 18.4 Å². The van der Waals surface area contributed by atoms with Crippen LogP contribution in [0.3, 0.4) is 0 Å². The van der Waals surface area contributed by atoms with E-state index in [0.29, 0.717) is 6.04 Å². The van der Waals surface area contributed by atoms with E-state index < -0.39 is 0 Å². The first-order valence-corrected chi connectivity index (χ1v) is 7.21. The fourth-order valence-electron chi connectivity index (χ4n) is 2.64. The van der Waals surface area contributed by atoms with Crippen LogP contribution in [0.25, 0.3) is 0 Å². The lowest BCUT2D eigenvalue weighted by Gasteiger charge is -2.33. The number of benzene rings is 1. The largest absolute Gasteiger partial charge is 0.339 e. The van der Waals surface area contributed by atoms with Crippen molar-refractivity contribution in [1.82, 2.24) is 15.3 Å². The van der Waals surface area contributed by atoms with Gasteiger partial charge < -0.3 is 10.2 Å². The summed E-state index contributed by atoms with van der Waals surface area (Å²) in [5.41, 5.74) is 1.33. The third-order valence-electron chi connectivity index (χ3n) is 3.69. The van der Waals surface area contributed by atoms with Crippen molar-refractivity contribution in [3.63, 3.8) is 0 Å². The summed E-state index contributed by atoms with van der Waals surface area (Å²) >= 11 is 0. The van der Waals surface area contributed by atoms with Gasteiger partial charge in [0.1, 0.15) is 0 Å². The molecule has 0 amide bonds. The monoisotopic (exact) mass is 268 g/mol. The summed E-state index contributed by atoms with van der Waals surface area (Å²) in [4.78, 5) is 11.0. The number of aromatic nitrogens is 2. The molecule has 0 aliphatic carbocycles. The highest BCUT2D eigenvalue weighted by Gasteiger charge is 2.20. The number of nitrogens with zero attached hydrogens (tertiary/aromatic N) is 3. The molecule has 20 heavy (non-hydrogen) atoms. The molecule has 1 N–H and O–H groups in total. The van der Waals surface area contributed by atoms with Crippen LogP contribution in [0.4, 0.5) is 5.95 Å². The zero-order valence-corrected chi connectivity index (χ0v) is 11.6. The Kier molecular flexibility index (Phi) is 4.23. The van der Waals surface area contributed by atoms with Crippen molar-refractivity contribution in [2.24, 2.45) is 0 Å². The van der Waals surface area contributed by atoms with E-state index in [1.807, 2.05) is 18.5 Å². The van der Waals surface area contributed by atoms with Crippen molar-refractivity contribution in [3.05, 3.63) is 54.4 Å². The first-order chi connectivity index (χ1) is 9.92. The minimum absolute atomic E-state index is 0.507. The highest BCUT2D eigenvalue weighted by molar-refractivity contribution is 5.29. The second kappa shape index (κ2) is 6.48. The summed E-state index contributed by atoms with van der Waals surface area (Å²) in [6.45, 7) is 2.96. The molecule has 3 rings (SSSR count). The zero-order chi connectivity index (χ0) is 13.6. The van der Waals surface area contributed by atoms with Gasteiger partial charge in [0.25, 0.3) is 0 Å². The number of hydrogen-bond acceptors (Lipinski definition) is 4. The predicted molar refractivity (Wildman–Crippen MR) is 80.5 cm³/mol. The Bertz CT molecular complexity index is 515. The number of nitrogens with one attached hydrogen (secondary N) is 1. The van der Waals surface area contributed by atoms with Gasteiger partial charge in [0.2, 0.25) is 5.95 Å². The fourth-order valence-corrected chi connectivity index (χ4v) is 2.64. The van der Waals surface area contributed by atoms with Gasteiger partial charge in [-0.1, -0.05) is 30.3 Å². The summed E-state index contributed by atoms with van der Waals surface area (Å²) in [7, 11) is 0. The van der Waals surface area contributed by atoms with Crippen LogP contribution in [0.5, 0.6) is 0 Å². The van der Waals surface area contributed by atoms with Gasteiger partial charge in [0, 0.05) is 38.1 Å². The van der Waals surface area contributed by atoms with Gasteiger partial charge in [-0.05, 0) is 24.5 Å². The molecule has 4 heteroatoms. The maximum atomic E-state index is 4.34. The lowest BCUT2D eigenvalue weighted by atomic mass is 10.1. The first kappa shape index (κ1) is 13.1. The molecule has 0 saturated carbocycles. The van der Waals surface area contributed by atoms with Crippen LogP contribution in [-0.2, 0) is 6.54 Å². The quantitative estimate of drug-likeness (QED) is 0.923. The van der Waals surface area contributed by atoms with Gasteiger partial charge in [-0.25, -0.2) is 9.97 Å². The SMILES string of the molecule is c1ccc(CNC2CCCN(c3ncccn3)C2)cc1. The third kappa shape index (κ3) is 3.33. The molecule has 1 aliphatic heterocycles. The summed E-state index contributed by atoms with van der Waals surface area (Å²) in [6.07, 6.45) is 6.02. The van der Waals surface area contributed by atoms with Crippen LogP contribution in [0.1, 0.15) is 18.4 Å². The Morgan fingerprint density at radius 3 is 2.70 bits per heavy atom. The minimum atomic E-state index is 0.507.